The molecule has 0 fully saturated rings. The van der Waals surface area contributed by atoms with E-state index >= 15 is 0 Å². The zero-order chi connectivity index (χ0) is 16.8. The van der Waals surface area contributed by atoms with Crippen LogP contribution in [0.5, 0.6) is 5.75 Å². The fourth-order valence-electron chi connectivity index (χ4n) is 2.38. The maximum absolute atomic E-state index is 12.2. The van der Waals surface area contributed by atoms with Crippen molar-refractivity contribution in [3.05, 3.63) is 66.3 Å². The normalized spacial score (nSPS) is 10.4. The molecule has 0 spiro atoms. The number of ether oxygens (including phenoxy) is 1. The van der Waals surface area contributed by atoms with Crippen molar-refractivity contribution in [1.29, 1.82) is 0 Å². The number of carbonyl (C=O) groups is 1. The Morgan fingerprint density at radius 2 is 2.00 bits per heavy atom. The summed E-state index contributed by atoms with van der Waals surface area (Å²) in [5, 5.41) is 2.86. The molecule has 1 aromatic carbocycles. The first kappa shape index (κ1) is 15.7. The maximum atomic E-state index is 12.2. The largest absolute Gasteiger partial charge is 0.496 e. The van der Waals surface area contributed by atoms with Crippen LogP contribution >= 0.6 is 0 Å². The third-order valence-corrected chi connectivity index (χ3v) is 3.53. The fraction of sp³-hybridized carbons (Fsp3) is 0.167. The third-order valence-electron chi connectivity index (χ3n) is 3.53. The lowest BCUT2D eigenvalue weighted by atomic mass is 10.1. The van der Waals surface area contributed by atoms with Gasteiger partial charge in [0.15, 0.2) is 5.76 Å². The lowest BCUT2D eigenvalue weighted by Gasteiger charge is -2.09. The van der Waals surface area contributed by atoms with Gasteiger partial charge in [0.1, 0.15) is 11.4 Å². The van der Waals surface area contributed by atoms with E-state index in [0.717, 1.165) is 5.56 Å². The predicted octanol–water partition coefficient (Wildman–Crippen LogP) is 2.60. The van der Waals surface area contributed by atoms with E-state index in [1.807, 2.05) is 30.3 Å². The molecule has 1 amide bonds. The number of carbonyl (C=O) groups excluding carboxylic acids is 1. The summed E-state index contributed by atoms with van der Waals surface area (Å²) in [6.45, 7) is 0.276. The standard InChI is InChI=1S/C18H17N3O3/c1-23-15-6-3-2-5-13(15)11-17(22)21-12-14-18(20-9-8-19-14)16-7-4-10-24-16/h2-10H,11-12H2,1H3,(H,21,22). The van der Waals surface area contributed by atoms with E-state index in [1.54, 1.807) is 31.8 Å². The van der Waals surface area contributed by atoms with Crippen molar-refractivity contribution in [1.82, 2.24) is 15.3 Å². The number of nitrogens with zero attached hydrogens (tertiary/aromatic N) is 2. The summed E-state index contributed by atoms with van der Waals surface area (Å²) < 4.78 is 10.6. The Morgan fingerprint density at radius 1 is 1.17 bits per heavy atom. The predicted molar refractivity (Wildman–Crippen MR) is 88.3 cm³/mol. The summed E-state index contributed by atoms with van der Waals surface area (Å²) in [5.41, 5.74) is 2.11. The highest BCUT2D eigenvalue weighted by Crippen LogP contribution is 2.20. The Morgan fingerprint density at radius 3 is 2.79 bits per heavy atom. The topological polar surface area (TPSA) is 77.2 Å². The average molecular weight is 323 g/mol. The molecule has 2 heterocycles. The zero-order valence-electron chi connectivity index (χ0n) is 13.2. The van der Waals surface area contributed by atoms with Crippen LogP contribution in [-0.4, -0.2) is 23.0 Å². The zero-order valence-corrected chi connectivity index (χ0v) is 13.2. The molecule has 0 bridgehead atoms. The van der Waals surface area contributed by atoms with Crippen molar-refractivity contribution >= 4 is 5.91 Å². The third kappa shape index (κ3) is 3.60. The Labute approximate surface area is 139 Å². The molecule has 0 radical (unpaired) electrons. The monoisotopic (exact) mass is 323 g/mol. The summed E-state index contributed by atoms with van der Waals surface area (Å²) >= 11 is 0. The second-order valence-corrected chi connectivity index (χ2v) is 5.09. The molecular weight excluding hydrogens is 306 g/mol. The molecule has 0 unspecified atom stereocenters. The van der Waals surface area contributed by atoms with Crippen molar-refractivity contribution in [2.45, 2.75) is 13.0 Å². The van der Waals surface area contributed by atoms with Gasteiger partial charge in [0, 0.05) is 18.0 Å². The number of rotatable bonds is 6. The summed E-state index contributed by atoms with van der Waals surface area (Å²) in [5.74, 6) is 1.20. The van der Waals surface area contributed by atoms with E-state index in [0.29, 0.717) is 22.9 Å². The van der Waals surface area contributed by atoms with Gasteiger partial charge in [0.05, 0.1) is 32.0 Å². The molecule has 3 aromatic rings. The minimum atomic E-state index is -0.115. The van der Waals surface area contributed by atoms with Gasteiger partial charge in [-0.25, -0.2) is 4.98 Å². The van der Waals surface area contributed by atoms with Gasteiger partial charge >= 0.3 is 0 Å². The van der Waals surface area contributed by atoms with Gasteiger partial charge in [-0.15, -0.1) is 0 Å². The molecule has 0 aliphatic heterocycles. The number of nitrogens with one attached hydrogen (secondary N) is 1. The lowest BCUT2D eigenvalue weighted by Crippen LogP contribution is -2.25. The number of benzene rings is 1. The second-order valence-electron chi connectivity index (χ2n) is 5.09. The molecule has 6 heteroatoms. The minimum absolute atomic E-state index is 0.115. The number of methoxy groups -OCH3 is 1. The first-order valence-corrected chi connectivity index (χ1v) is 7.50. The van der Waals surface area contributed by atoms with Crippen LogP contribution in [0.2, 0.25) is 0 Å². The van der Waals surface area contributed by atoms with Gasteiger partial charge < -0.3 is 14.5 Å². The average Bonchev–Trinajstić information content (AvgIpc) is 3.15. The van der Waals surface area contributed by atoms with Gasteiger partial charge in [-0.1, -0.05) is 18.2 Å². The molecule has 0 saturated heterocycles. The molecule has 1 N–H and O–H groups in total. The van der Waals surface area contributed by atoms with Gasteiger partial charge in [-0.05, 0) is 18.2 Å². The number of furan rings is 1. The van der Waals surface area contributed by atoms with Gasteiger partial charge in [0.2, 0.25) is 5.91 Å². The van der Waals surface area contributed by atoms with E-state index in [9.17, 15) is 4.79 Å². The molecule has 0 atom stereocenters. The van der Waals surface area contributed by atoms with Crippen molar-refractivity contribution in [3.8, 4) is 17.2 Å². The molecule has 0 aliphatic rings. The van der Waals surface area contributed by atoms with Crippen LogP contribution in [0.15, 0.2) is 59.5 Å². The summed E-state index contributed by atoms with van der Waals surface area (Å²) in [6, 6.07) is 11.0. The quantitative estimate of drug-likeness (QED) is 0.754. The van der Waals surface area contributed by atoms with Gasteiger partial charge in [-0.3, -0.25) is 9.78 Å². The van der Waals surface area contributed by atoms with Crippen LogP contribution in [0.25, 0.3) is 11.5 Å². The lowest BCUT2D eigenvalue weighted by molar-refractivity contribution is -0.120. The van der Waals surface area contributed by atoms with E-state index in [2.05, 4.69) is 15.3 Å². The molecule has 6 nitrogen and oxygen atoms in total. The second kappa shape index (κ2) is 7.41. The molecular formula is C18H17N3O3. The van der Waals surface area contributed by atoms with Crippen molar-refractivity contribution in [2.24, 2.45) is 0 Å². The van der Waals surface area contributed by atoms with Crippen molar-refractivity contribution < 1.29 is 13.9 Å². The van der Waals surface area contributed by atoms with Gasteiger partial charge in [-0.2, -0.15) is 0 Å². The Bertz CT molecular complexity index is 816. The number of amides is 1. The van der Waals surface area contributed by atoms with Crippen LogP contribution in [0, 0.1) is 0 Å². The summed E-state index contributed by atoms with van der Waals surface area (Å²) in [7, 11) is 1.59. The Kier molecular flexibility index (Phi) is 4.86. The summed E-state index contributed by atoms with van der Waals surface area (Å²) in [4.78, 5) is 20.8. The number of hydrogen-bond donors (Lipinski definition) is 1. The highest BCUT2D eigenvalue weighted by molar-refractivity contribution is 5.79. The van der Waals surface area contributed by atoms with Crippen LogP contribution in [0.1, 0.15) is 11.3 Å². The Hall–Kier alpha value is -3.15. The smallest absolute Gasteiger partial charge is 0.224 e. The highest BCUT2D eigenvalue weighted by atomic mass is 16.5. The summed E-state index contributed by atoms with van der Waals surface area (Å²) in [6.07, 6.45) is 5.00. The van der Waals surface area contributed by atoms with E-state index in [-0.39, 0.29) is 18.9 Å². The SMILES string of the molecule is COc1ccccc1CC(=O)NCc1nccnc1-c1ccco1. The fourth-order valence-corrected chi connectivity index (χ4v) is 2.38. The number of para-hydroxylation sites is 1. The first-order valence-electron chi connectivity index (χ1n) is 7.50. The molecule has 0 aliphatic carbocycles. The Balaban J connectivity index is 1.67. The molecule has 3 rings (SSSR count). The van der Waals surface area contributed by atoms with Crippen LogP contribution < -0.4 is 10.1 Å². The van der Waals surface area contributed by atoms with Crippen LogP contribution in [0.4, 0.5) is 0 Å². The minimum Gasteiger partial charge on any atom is -0.496 e. The van der Waals surface area contributed by atoms with Crippen molar-refractivity contribution in [2.75, 3.05) is 7.11 Å². The van der Waals surface area contributed by atoms with Crippen molar-refractivity contribution in [3.63, 3.8) is 0 Å². The van der Waals surface area contributed by atoms with Crippen LogP contribution in [-0.2, 0) is 17.8 Å². The number of aromatic nitrogens is 2. The van der Waals surface area contributed by atoms with E-state index in [1.165, 1.54) is 0 Å². The molecule has 0 saturated carbocycles. The molecule has 2 aromatic heterocycles. The van der Waals surface area contributed by atoms with E-state index in [4.69, 9.17) is 9.15 Å². The molecule has 122 valence electrons. The number of hydrogen-bond acceptors (Lipinski definition) is 5. The molecule has 24 heavy (non-hydrogen) atoms. The highest BCUT2D eigenvalue weighted by Gasteiger charge is 2.12. The first-order chi connectivity index (χ1) is 11.8. The van der Waals surface area contributed by atoms with E-state index < -0.39 is 0 Å². The van der Waals surface area contributed by atoms with Crippen LogP contribution in [0.3, 0.4) is 0 Å². The van der Waals surface area contributed by atoms with Gasteiger partial charge in [0.25, 0.3) is 0 Å². The maximum Gasteiger partial charge on any atom is 0.224 e.